The lowest BCUT2D eigenvalue weighted by Gasteiger charge is -2.28. The van der Waals surface area contributed by atoms with Gasteiger partial charge in [-0.3, -0.25) is 0 Å². The summed E-state index contributed by atoms with van der Waals surface area (Å²) in [5.41, 5.74) is 6.56. The summed E-state index contributed by atoms with van der Waals surface area (Å²) in [4.78, 5) is 0. The van der Waals surface area contributed by atoms with Crippen LogP contribution >= 0.6 is 0 Å². The third-order valence-electron chi connectivity index (χ3n) is 3.40. The summed E-state index contributed by atoms with van der Waals surface area (Å²) >= 11 is 0. The average molecular weight is 170 g/mol. The monoisotopic (exact) mass is 170 g/mol. The van der Waals surface area contributed by atoms with Gasteiger partial charge in [-0.05, 0) is 37.3 Å². The molecule has 0 saturated heterocycles. The lowest BCUT2D eigenvalue weighted by Crippen LogP contribution is -2.39. The van der Waals surface area contributed by atoms with Gasteiger partial charge in [0.15, 0.2) is 0 Å². The van der Waals surface area contributed by atoms with Crippen LogP contribution in [-0.4, -0.2) is 19.6 Å². The molecular formula is C10H22N2. The minimum atomic E-state index is 0.382. The first-order chi connectivity index (χ1) is 5.49. The smallest absolute Gasteiger partial charge is 0.0110 e. The molecule has 0 aliphatic heterocycles. The van der Waals surface area contributed by atoms with Gasteiger partial charge in [0.2, 0.25) is 0 Å². The van der Waals surface area contributed by atoms with E-state index in [-0.39, 0.29) is 0 Å². The molecular weight excluding hydrogens is 148 g/mol. The Morgan fingerprint density at radius 3 is 2.42 bits per heavy atom. The summed E-state index contributed by atoms with van der Waals surface area (Å²) in [5.74, 6) is 1.32. The molecule has 0 bridgehead atoms. The van der Waals surface area contributed by atoms with E-state index < -0.39 is 0 Å². The highest BCUT2D eigenvalue weighted by Crippen LogP contribution is 2.44. The standard InChI is InChI=1S/C10H22N2/c1-7-5-10(2,3)8(6-12-4)9(7)11/h7-9,12H,5-6,11H2,1-4H3/t7?,8?,9-/m0/s1. The van der Waals surface area contributed by atoms with Crippen molar-refractivity contribution in [3.63, 3.8) is 0 Å². The summed E-state index contributed by atoms with van der Waals surface area (Å²) in [6.45, 7) is 7.98. The summed E-state index contributed by atoms with van der Waals surface area (Å²) in [7, 11) is 2.01. The van der Waals surface area contributed by atoms with Gasteiger partial charge in [-0.15, -0.1) is 0 Å². The van der Waals surface area contributed by atoms with E-state index in [0.29, 0.717) is 23.3 Å². The Morgan fingerprint density at radius 2 is 2.08 bits per heavy atom. The van der Waals surface area contributed by atoms with Gasteiger partial charge >= 0.3 is 0 Å². The van der Waals surface area contributed by atoms with Crippen LogP contribution in [0.2, 0.25) is 0 Å². The summed E-state index contributed by atoms with van der Waals surface area (Å²) in [5, 5.41) is 3.24. The van der Waals surface area contributed by atoms with Gasteiger partial charge in [0, 0.05) is 6.04 Å². The first-order valence-corrected chi connectivity index (χ1v) is 4.89. The van der Waals surface area contributed by atoms with Crippen LogP contribution in [0.5, 0.6) is 0 Å². The zero-order chi connectivity index (χ0) is 9.35. The maximum atomic E-state index is 6.14. The molecule has 1 fully saturated rings. The van der Waals surface area contributed by atoms with Crippen molar-refractivity contribution >= 4 is 0 Å². The second-order valence-electron chi connectivity index (χ2n) is 4.91. The fraction of sp³-hybridized carbons (Fsp3) is 1.00. The van der Waals surface area contributed by atoms with E-state index in [1.54, 1.807) is 0 Å². The van der Waals surface area contributed by atoms with Crippen molar-refractivity contribution in [3.05, 3.63) is 0 Å². The molecule has 0 aromatic heterocycles. The number of rotatable bonds is 2. The minimum absolute atomic E-state index is 0.382. The Labute approximate surface area is 75.9 Å². The van der Waals surface area contributed by atoms with E-state index in [9.17, 15) is 0 Å². The molecule has 2 nitrogen and oxygen atoms in total. The van der Waals surface area contributed by atoms with Gasteiger partial charge in [0.1, 0.15) is 0 Å². The second kappa shape index (κ2) is 3.35. The number of nitrogens with one attached hydrogen (secondary N) is 1. The van der Waals surface area contributed by atoms with Crippen LogP contribution in [-0.2, 0) is 0 Å². The lowest BCUT2D eigenvalue weighted by atomic mass is 9.81. The Kier molecular flexibility index (Phi) is 2.79. The molecule has 0 aromatic carbocycles. The highest BCUT2D eigenvalue weighted by molar-refractivity contribution is 4.97. The van der Waals surface area contributed by atoms with Crippen LogP contribution in [0, 0.1) is 17.3 Å². The Hall–Kier alpha value is -0.0800. The Bertz CT molecular complexity index is 154. The maximum Gasteiger partial charge on any atom is 0.0110 e. The SMILES string of the molecule is CNCC1[C@@H](N)C(C)CC1(C)C. The zero-order valence-corrected chi connectivity index (χ0v) is 8.72. The van der Waals surface area contributed by atoms with Crippen molar-refractivity contribution in [2.45, 2.75) is 33.2 Å². The highest BCUT2D eigenvalue weighted by Gasteiger charge is 2.43. The Balaban J connectivity index is 2.67. The molecule has 1 aliphatic rings. The topological polar surface area (TPSA) is 38.0 Å². The molecule has 0 aromatic rings. The van der Waals surface area contributed by atoms with Gasteiger partial charge in [-0.25, -0.2) is 0 Å². The molecule has 0 radical (unpaired) electrons. The predicted molar refractivity (Wildman–Crippen MR) is 53.0 cm³/mol. The van der Waals surface area contributed by atoms with Gasteiger partial charge in [0.25, 0.3) is 0 Å². The Morgan fingerprint density at radius 1 is 1.50 bits per heavy atom. The zero-order valence-electron chi connectivity index (χ0n) is 8.72. The van der Waals surface area contributed by atoms with Crippen molar-refractivity contribution in [2.24, 2.45) is 23.0 Å². The summed E-state index contributed by atoms with van der Waals surface area (Å²) < 4.78 is 0. The molecule has 3 atom stereocenters. The first-order valence-electron chi connectivity index (χ1n) is 4.89. The molecule has 0 spiro atoms. The van der Waals surface area contributed by atoms with Crippen molar-refractivity contribution < 1.29 is 0 Å². The van der Waals surface area contributed by atoms with Gasteiger partial charge in [0.05, 0.1) is 0 Å². The van der Waals surface area contributed by atoms with Gasteiger partial charge < -0.3 is 11.1 Å². The van der Waals surface area contributed by atoms with Crippen LogP contribution in [0.15, 0.2) is 0 Å². The molecule has 0 heterocycles. The summed E-state index contributed by atoms with van der Waals surface area (Å²) in [6.07, 6.45) is 1.26. The van der Waals surface area contributed by atoms with Crippen LogP contribution in [0.1, 0.15) is 27.2 Å². The normalized spacial score (nSPS) is 40.2. The van der Waals surface area contributed by atoms with Crippen LogP contribution in [0.3, 0.4) is 0 Å². The fourth-order valence-electron chi connectivity index (χ4n) is 2.67. The first kappa shape index (κ1) is 10.0. The maximum absolute atomic E-state index is 6.14. The van der Waals surface area contributed by atoms with E-state index in [1.807, 2.05) is 7.05 Å². The molecule has 3 N–H and O–H groups in total. The molecule has 0 amide bonds. The van der Waals surface area contributed by atoms with Gasteiger partial charge in [-0.1, -0.05) is 20.8 Å². The highest BCUT2D eigenvalue weighted by atomic mass is 14.9. The lowest BCUT2D eigenvalue weighted by molar-refractivity contribution is 0.242. The third kappa shape index (κ3) is 1.64. The predicted octanol–water partition coefficient (Wildman–Crippen LogP) is 1.22. The molecule has 1 saturated carbocycles. The molecule has 1 rings (SSSR count). The van der Waals surface area contributed by atoms with Crippen molar-refractivity contribution in [2.75, 3.05) is 13.6 Å². The van der Waals surface area contributed by atoms with E-state index in [1.165, 1.54) is 6.42 Å². The fourth-order valence-corrected chi connectivity index (χ4v) is 2.67. The largest absolute Gasteiger partial charge is 0.327 e. The van der Waals surface area contributed by atoms with Crippen LogP contribution in [0.4, 0.5) is 0 Å². The molecule has 12 heavy (non-hydrogen) atoms. The molecule has 72 valence electrons. The number of hydrogen-bond acceptors (Lipinski definition) is 2. The number of nitrogens with two attached hydrogens (primary N) is 1. The van der Waals surface area contributed by atoms with Crippen molar-refractivity contribution in [1.29, 1.82) is 0 Å². The van der Waals surface area contributed by atoms with Crippen molar-refractivity contribution in [1.82, 2.24) is 5.32 Å². The molecule has 2 unspecified atom stereocenters. The quantitative estimate of drug-likeness (QED) is 0.654. The molecule has 2 heteroatoms. The summed E-state index contributed by atoms with van der Waals surface area (Å²) in [6, 6.07) is 0.382. The third-order valence-corrected chi connectivity index (χ3v) is 3.40. The van der Waals surface area contributed by atoms with E-state index >= 15 is 0 Å². The minimum Gasteiger partial charge on any atom is -0.327 e. The molecule has 1 aliphatic carbocycles. The van der Waals surface area contributed by atoms with Crippen molar-refractivity contribution in [3.8, 4) is 0 Å². The van der Waals surface area contributed by atoms with E-state index in [2.05, 4.69) is 26.1 Å². The average Bonchev–Trinajstić information content (AvgIpc) is 2.13. The van der Waals surface area contributed by atoms with E-state index in [0.717, 1.165) is 6.54 Å². The van der Waals surface area contributed by atoms with E-state index in [4.69, 9.17) is 5.73 Å². The second-order valence-corrected chi connectivity index (χ2v) is 4.91. The van der Waals surface area contributed by atoms with Gasteiger partial charge in [-0.2, -0.15) is 0 Å². The van der Waals surface area contributed by atoms with Crippen LogP contribution in [0.25, 0.3) is 0 Å². The number of hydrogen-bond donors (Lipinski definition) is 2. The van der Waals surface area contributed by atoms with Crippen LogP contribution < -0.4 is 11.1 Å².